The lowest BCUT2D eigenvalue weighted by Gasteiger charge is -2.11. The molecular weight excluding hydrogens is 276 g/mol. The van der Waals surface area contributed by atoms with Crippen molar-refractivity contribution in [1.29, 1.82) is 0 Å². The van der Waals surface area contributed by atoms with Crippen molar-refractivity contribution in [3.8, 4) is 0 Å². The summed E-state index contributed by atoms with van der Waals surface area (Å²) >= 11 is 0. The van der Waals surface area contributed by atoms with Gasteiger partial charge in [-0.15, -0.1) is 0 Å². The standard InChI is InChI=1S/C18H16N2O2/c1-20(2)15-10-8-13(9-11-15)12-16-18(21)22-17(19-16)14-6-4-3-5-7-14/h3-12H,1-2H3. The molecule has 0 spiro atoms. The van der Waals surface area contributed by atoms with E-state index in [2.05, 4.69) is 4.99 Å². The normalized spacial score (nSPS) is 15.6. The Balaban J connectivity index is 1.87. The topological polar surface area (TPSA) is 41.9 Å². The summed E-state index contributed by atoms with van der Waals surface area (Å²) in [5, 5.41) is 0. The van der Waals surface area contributed by atoms with Gasteiger partial charge in [-0.3, -0.25) is 0 Å². The average molecular weight is 292 g/mol. The Morgan fingerprint density at radius 3 is 2.32 bits per heavy atom. The summed E-state index contributed by atoms with van der Waals surface area (Å²) in [6, 6.07) is 17.3. The van der Waals surface area contributed by atoms with Crippen molar-refractivity contribution in [2.45, 2.75) is 0 Å². The largest absolute Gasteiger partial charge is 0.402 e. The summed E-state index contributed by atoms with van der Waals surface area (Å²) in [5.41, 5.74) is 3.12. The highest BCUT2D eigenvalue weighted by Gasteiger charge is 2.23. The zero-order chi connectivity index (χ0) is 15.5. The quantitative estimate of drug-likeness (QED) is 0.645. The Bertz CT molecular complexity index is 744. The summed E-state index contributed by atoms with van der Waals surface area (Å²) in [6.07, 6.45) is 1.73. The third kappa shape index (κ3) is 2.91. The predicted molar refractivity (Wildman–Crippen MR) is 87.8 cm³/mol. The van der Waals surface area contributed by atoms with Crippen LogP contribution in [0.4, 0.5) is 5.69 Å². The van der Waals surface area contributed by atoms with Crippen molar-refractivity contribution in [2.75, 3.05) is 19.0 Å². The van der Waals surface area contributed by atoms with Gasteiger partial charge in [0.15, 0.2) is 5.70 Å². The number of aliphatic imine (C=N–C) groups is 1. The fourth-order valence-corrected chi connectivity index (χ4v) is 2.14. The summed E-state index contributed by atoms with van der Waals surface area (Å²) in [4.78, 5) is 18.2. The van der Waals surface area contributed by atoms with Crippen LogP contribution in [-0.2, 0) is 9.53 Å². The lowest BCUT2D eigenvalue weighted by molar-refractivity contribution is -0.129. The highest BCUT2D eigenvalue weighted by molar-refractivity contribution is 6.12. The molecule has 1 aliphatic rings. The molecule has 0 saturated heterocycles. The van der Waals surface area contributed by atoms with Crippen LogP contribution in [0.5, 0.6) is 0 Å². The van der Waals surface area contributed by atoms with Crippen LogP contribution < -0.4 is 4.90 Å². The molecule has 4 nitrogen and oxygen atoms in total. The third-order valence-corrected chi connectivity index (χ3v) is 3.35. The monoisotopic (exact) mass is 292 g/mol. The van der Waals surface area contributed by atoms with Crippen molar-refractivity contribution < 1.29 is 9.53 Å². The SMILES string of the molecule is CN(C)c1ccc(C=C2N=C(c3ccccc3)OC2=O)cc1. The maximum Gasteiger partial charge on any atom is 0.363 e. The zero-order valence-corrected chi connectivity index (χ0v) is 12.5. The average Bonchev–Trinajstić information content (AvgIpc) is 2.90. The summed E-state index contributed by atoms with van der Waals surface area (Å²) in [5.74, 6) is -0.0719. The van der Waals surface area contributed by atoms with Crippen molar-refractivity contribution in [1.82, 2.24) is 0 Å². The number of benzene rings is 2. The van der Waals surface area contributed by atoms with Crippen LogP contribution in [0, 0.1) is 0 Å². The molecule has 0 amide bonds. The molecular formula is C18H16N2O2. The van der Waals surface area contributed by atoms with Gasteiger partial charge in [-0.2, -0.15) is 0 Å². The van der Waals surface area contributed by atoms with Gasteiger partial charge in [-0.25, -0.2) is 9.79 Å². The number of rotatable bonds is 3. The van der Waals surface area contributed by atoms with Crippen LogP contribution >= 0.6 is 0 Å². The van der Waals surface area contributed by atoms with Gasteiger partial charge >= 0.3 is 5.97 Å². The number of esters is 1. The van der Waals surface area contributed by atoms with E-state index >= 15 is 0 Å². The number of nitrogens with zero attached hydrogens (tertiary/aromatic N) is 2. The van der Waals surface area contributed by atoms with Gasteiger partial charge in [-0.1, -0.05) is 30.3 Å². The van der Waals surface area contributed by atoms with E-state index in [4.69, 9.17) is 4.74 Å². The number of ether oxygens (including phenoxy) is 1. The molecule has 22 heavy (non-hydrogen) atoms. The molecule has 4 heteroatoms. The Morgan fingerprint density at radius 1 is 1.00 bits per heavy atom. The number of anilines is 1. The first-order chi connectivity index (χ1) is 10.6. The lowest BCUT2D eigenvalue weighted by Crippen LogP contribution is -2.08. The number of hydrogen-bond acceptors (Lipinski definition) is 4. The molecule has 2 aromatic carbocycles. The van der Waals surface area contributed by atoms with Crippen LogP contribution in [-0.4, -0.2) is 26.0 Å². The van der Waals surface area contributed by atoms with Gasteiger partial charge in [0.25, 0.3) is 0 Å². The lowest BCUT2D eigenvalue weighted by atomic mass is 10.1. The van der Waals surface area contributed by atoms with Gasteiger partial charge in [0, 0.05) is 25.3 Å². The fourth-order valence-electron chi connectivity index (χ4n) is 2.14. The number of carbonyl (C=O) groups excluding carboxylic acids is 1. The van der Waals surface area contributed by atoms with Crippen molar-refractivity contribution >= 4 is 23.6 Å². The minimum Gasteiger partial charge on any atom is -0.402 e. The van der Waals surface area contributed by atoms with Gasteiger partial charge in [-0.05, 0) is 35.9 Å². The molecule has 0 aromatic heterocycles. The van der Waals surface area contributed by atoms with E-state index in [0.29, 0.717) is 11.6 Å². The second-order valence-corrected chi connectivity index (χ2v) is 5.19. The van der Waals surface area contributed by atoms with E-state index in [1.807, 2.05) is 73.6 Å². The van der Waals surface area contributed by atoms with Gasteiger partial charge in [0.1, 0.15) is 0 Å². The molecule has 0 unspecified atom stereocenters. The predicted octanol–water partition coefficient (Wildman–Crippen LogP) is 3.10. The minimum absolute atomic E-state index is 0.316. The Morgan fingerprint density at radius 2 is 1.68 bits per heavy atom. The maximum absolute atomic E-state index is 11.9. The molecule has 0 fully saturated rings. The first-order valence-corrected chi connectivity index (χ1v) is 6.99. The van der Waals surface area contributed by atoms with Crippen molar-refractivity contribution in [3.05, 3.63) is 71.4 Å². The van der Waals surface area contributed by atoms with Crippen molar-refractivity contribution in [2.24, 2.45) is 4.99 Å². The minimum atomic E-state index is -0.421. The van der Waals surface area contributed by atoms with Crippen molar-refractivity contribution in [3.63, 3.8) is 0 Å². The highest BCUT2D eigenvalue weighted by atomic mass is 16.6. The van der Waals surface area contributed by atoms with Crippen LogP contribution in [0.3, 0.4) is 0 Å². The molecule has 2 aromatic rings. The molecule has 0 aliphatic carbocycles. The first-order valence-electron chi connectivity index (χ1n) is 6.99. The van der Waals surface area contributed by atoms with E-state index in [-0.39, 0.29) is 0 Å². The summed E-state index contributed by atoms with van der Waals surface area (Å²) in [6.45, 7) is 0. The molecule has 3 rings (SSSR count). The second-order valence-electron chi connectivity index (χ2n) is 5.19. The van der Waals surface area contributed by atoms with E-state index in [0.717, 1.165) is 16.8 Å². The highest BCUT2D eigenvalue weighted by Crippen LogP contribution is 2.20. The Labute approximate surface area is 129 Å². The molecule has 1 heterocycles. The summed E-state index contributed by atoms with van der Waals surface area (Å²) in [7, 11) is 3.97. The van der Waals surface area contributed by atoms with Crippen LogP contribution in [0.15, 0.2) is 65.3 Å². The molecule has 110 valence electrons. The van der Waals surface area contributed by atoms with Crippen LogP contribution in [0.2, 0.25) is 0 Å². The Hall–Kier alpha value is -2.88. The van der Waals surface area contributed by atoms with Crippen LogP contribution in [0.25, 0.3) is 6.08 Å². The molecule has 1 aliphatic heterocycles. The van der Waals surface area contributed by atoms with E-state index < -0.39 is 5.97 Å². The smallest absolute Gasteiger partial charge is 0.363 e. The molecule has 0 N–H and O–H groups in total. The van der Waals surface area contributed by atoms with E-state index in [1.165, 1.54) is 0 Å². The third-order valence-electron chi connectivity index (χ3n) is 3.35. The number of hydrogen-bond donors (Lipinski definition) is 0. The number of cyclic esters (lactones) is 1. The van der Waals surface area contributed by atoms with Gasteiger partial charge < -0.3 is 9.64 Å². The molecule has 0 atom stereocenters. The van der Waals surface area contributed by atoms with Crippen LogP contribution in [0.1, 0.15) is 11.1 Å². The number of carbonyl (C=O) groups is 1. The Kier molecular flexibility index (Phi) is 3.74. The van der Waals surface area contributed by atoms with Gasteiger partial charge in [0.05, 0.1) is 0 Å². The van der Waals surface area contributed by atoms with E-state index in [9.17, 15) is 4.79 Å². The molecule has 0 saturated carbocycles. The fraction of sp³-hybridized carbons (Fsp3) is 0.111. The molecule has 0 radical (unpaired) electrons. The zero-order valence-electron chi connectivity index (χ0n) is 12.5. The van der Waals surface area contributed by atoms with E-state index in [1.54, 1.807) is 6.08 Å². The molecule has 0 bridgehead atoms. The maximum atomic E-state index is 11.9. The first kappa shape index (κ1) is 14.1. The van der Waals surface area contributed by atoms with Gasteiger partial charge in [0.2, 0.25) is 5.90 Å². The summed E-state index contributed by atoms with van der Waals surface area (Å²) < 4.78 is 5.23. The second kappa shape index (κ2) is 5.85.